The van der Waals surface area contributed by atoms with Crippen LogP contribution < -0.4 is 5.32 Å². The van der Waals surface area contributed by atoms with Gasteiger partial charge in [0.2, 0.25) is 0 Å². The van der Waals surface area contributed by atoms with Crippen molar-refractivity contribution >= 4 is 16.8 Å². The Morgan fingerprint density at radius 1 is 1.05 bits per heavy atom. The molecule has 2 aromatic carbocycles. The molecular weight excluding hydrogens is 260 g/mol. The molecule has 3 heteroatoms. The summed E-state index contributed by atoms with van der Waals surface area (Å²) in [7, 11) is 1.96. The molecule has 1 amide bonds. The highest BCUT2D eigenvalue weighted by Gasteiger charge is 2.16. The normalized spacial score (nSPS) is 12.3. The number of benzene rings is 2. The van der Waals surface area contributed by atoms with Gasteiger partial charge in [-0.25, -0.2) is 0 Å². The van der Waals surface area contributed by atoms with Crippen molar-refractivity contribution in [3.63, 3.8) is 0 Å². The van der Waals surface area contributed by atoms with Crippen LogP contribution in [-0.2, 0) is 7.05 Å². The van der Waals surface area contributed by atoms with E-state index in [0.29, 0.717) is 0 Å². The molecule has 0 aliphatic rings. The smallest absolute Gasteiger partial charge is 0.253 e. The lowest BCUT2D eigenvalue weighted by Crippen LogP contribution is -2.26. The Morgan fingerprint density at radius 2 is 1.71 bits per heavy atom. The molecule has 3 aromatic rings. The third-order valence-electron chi connectivity index (χ3n) is 3.79. The van der Waals surface area contributed by atoms with Crippen LogP contribution in [0.5, 0.6) is 0 Å². The lowest BCUT2D eigenvalue weighted by molar-refractivity contribution is 0.0941. The SMILES string of the molecule is C[C@H](NC(=O)c1cn(C)c2ccccc12)c1ccccc1. The number of hydrogen-bond donors (Lipinski definition) is 1. The first-order chi connectivity index (χ1) is 10.2. The van der Waals surface area contributed by atoms with Crippen LogP contribution in [0, 0.1) is 0 Å². The average molecular weight is 278 g/mol. The minimum absolute atomic E-state index is 0.0160. The fraction of sp³-hybridized carbons (Fsp3) is 0.167. The van der Waals surface area contributed by atoms with Crippen LogP contribution in [0.25, 0.3) is 10.9 Å². The zero-order chi connectivity index (χ0) is 14.8. The lowest BCUT2D eigenvalue weighted by atomic mass is 10.1. The molecule has 106 valence electrons. The molecule has 1 N–H and O–H groups in total. The van der Waals surface area contributed by atoms with E-state index in [4.69, 9.17) is 0 Å². The predicted molar refractivity (Wildman–Crippen MR) is 85.2 cm³/mol. The fourth-order valence-electron chi connectivity index (χ4n) is 2.62. The number of amides is 1. The molecule has 3 rings (SSSR count). The number of rotatable bonds is 3. The summed E-state index contributed by atoms with van der Waals surface area (Å²) in [5.41, 5.74) is 2.89. The summed E-state index contributed by atoms with van der Waals surface area (Å²) in [5.74, 6) is -0.0387. The van der Waals surface area contributed by atoms with Gasteiger partial charge in [-0.2, -0.15) is 0 Å². The molecule has 3 nitrogen and oxygen atoms in total. The highest BCUT2D eigenvalue weighted by Crippen LogP contribution is 2.21. The summed E-state index contributed by atoms with van der Waals surface area (Å²) in [5, 5.41) is 4.05. The first-order valence-corrected chi connectivity index (χ1v) is 7.06. The van der Waals surface area contributed by atoms with Crippen LogP contribution in [-0.4, -0.2) is 10.5 Å². The van der Waals surface area contributed by atoms with Gasteiger partial charge in [-0.05, 0) is 18.6 Å². The number of aryl methyl sites for hydroxylation is 1. The third-order valence-corrected chi connectivity index (χ3v) is 3.79. The molecule has 0 aliphatic heterocycles. The highest BCUT2D eigenvalue weighted by molar-refractivity contribution is 6.07. The van der Waals surface area contributed by atoms with Crippen LogP contribution >= 0.6 is 0 Å². The Balaban J connectivity index is 1.88. The van der Waals surface area contributed by atoms with E-state index in [-0.39, 0.29) is 11.9 Å². The van der Waals surface area contributed by atoms with Crippen molar-refractivity contribution in [1.29, 1.82) is 0 Å². The maximum atomic E-state index is 12.5. The van der Waals surface area contributed by atoms with Crippen molar-refractivity contribution in [1.82, 2.24) is 9.88 Å². The first-order valence-electron chi connectivity index (χ1n) is 7.06. The van der Waals surface area contributed by atoms with Crippen LogP contribution in [0.15, 0.2) is 60.8 Å². The van der Waals surface area contributed by atoms with Gasteiger partial charge in [-0.15, -0.1) is 0 Å². The van der Waals surface area contributed by atoms with Crippen molar-refractivity contribution in [3.8, 4) is 0 Å². The van der Waals surface area contributed by atoms with Gasteiger partial charge in [-0.1, -0.05) is 48.5 Å². The quantitative estimate of drug-likeness (QED) is 0.779. The predicted octanol–water partition coefficient (Wildman–Crippen LogP) is 3.67. The molecule has 0 saturated carbocycles. The number of aromatic nitrogens is 1. The maximum absolute atomic E-state index is 12.5. The Morgan fingerprint density at radius 3 is 2.48 bits per heavy atom. The molecule has 1 atom stereocenters. The topological polar surface area (TPSA) is 34.0 Å². The molecular formula is C18H18N2O. The van der Waals surface area contributed by atoms with E-state index in [1.807, 2.05) is 79.3 Å². The van der Waals surface area contributed by atoms with Crippen LogP contribution in [0.2, 0.25) is 0 Å². The van der Waals surface area contributed by atoms with E-state index in [1.165, 1.54) is 0 Å². The van der Waals surface area contributed by atoms with E-state index < -0.39 is 0 Å². The number of nitrogens with one attached hydrogen (secondary N) is 1. The summed E-state index contributed by atoms with van der Waals surface area (Å²) >= 11 is 0. The van der Waals surface area contributed by atoms with Crippen molar-refractivity contribution in [2.75, 3.05) is 0 Å². The Kier molecular flexibility index (Phi) is 3.48. The molecule has 0 saturated heterocycles. The maximum Gasteiger partial charge on any atom is 0.253 e. The fourth-order valence-corrected chi connectivity index (χ4v) is 2.62. The molecule has 0 aliphatic carbocycles. The largest absolute Gasteiger partial charge is 0.350 e. The van der Waals surface area contributed by atoms with Gasteiger partial charge in [0.1, 0.15) is 0 Å². The van der Waals surface area contributed by atoms with Gasteiger partial charge in [-0.3, -0.25) is 4.79 Å². The Bertz CT molecular complexity index is 774. The second kappa shape index (κ2) is 5.44. The average Bonchev–Trinajstić information content (AvgIpc) is 2.86. The molecule has 0 spiro atoms. The zero-order valence-corrected chi connectivity index (χ0v) is 12.2. The minimum Gasteiger partial charge on any atom is -0.350 e. The molecule has 21 heavy (non-hydrogen) atoms. The van der Waals surface area contributed by atoms with E-state index in [9.17, 15) is 4.79 Å². The van der Waals surface area contributed by atoms with Crippen molar-refractivity contribution in [2.24, 2.45) is 7.05 Å². The summed E-state index contributed by atoms with van der Waals surface area (Å²) in [6.45, 7) is 2.00. The van der Waals surface area contributed by atoms with Gasteiger partial charge in [0, 0.05) is 24.1 Å². The monoisotopic (exact) mass is 278 g/mol. The van der Waals surface area contributed by atoms with Gasteiger partial charge >= 0.3 is 0 Å². The lowest BCUT2D eigenvalue weighted by Gasteiger charge is -2.13. The van der Waals surface area contributed by atoms with Crippen molar-refractivity contribution in [3.05, 3.63) is 71.9 Å². The molecule has 0 radical (unpaired) electrons. The van der Waals surface area contributed by atoms with Gasteiger partial charge < -0.3 is 9.88 Å². The number of carbonyl (C=O) groups excluding carboxylic acids is 1. The highest BCUT2D eigenvalue weighted by atomic mass is 16.1. The Labute approximate surface area is 124 Å². The number of para-hydroxylation sites is 1. The number of fused-ring (bicyclic) bond motifs is 1. The molecule has 1 heterocycles. The zero-order valence-electron chi connectivity index (χ0n) is 12.2. The minimum atomic E-state index is -0.0387. The van der Waals surface area contributed by atoms with E-state index in [0.717, 1.165) is 22.0 Å². The van der Waals surface area contributed by atoms with Gasteiger partial charge in [0.25, 0.3) is 5.91 Å². The summed E-state index contributed by atoms with van der Waals surface area (Å²) in [6, 6.07) is 17.9. The Hall–Kier alpha value is -2.55. The van der Waals surface area contributed by atoms with E-state index in [1.54, 1.807) is 0 Å². The van der Waals surface area contributed by atoms with E-state index >= 15 is 0 Å². The van der Waals surface area contributed by atoms with Crippen LogP contribution in [0.1, 0.15) is 28.9 Å². The van der Waals surface area contributed by atoms with Crippen molar-refractivity contribution in [2.45, 2.75) is 13.0 Å². The third kappa shape index (κ3) is 2.55. The molecule has 0 unspecified atom stereocenters. The number of nitrogens with zero attached hydrogens (tertiary/aromatic N) is 1. The van der Waals surface area contributed by atoms with Gasteiger partial charge in [0.15, 0.2) is 0 Å². The number of hydrogen-bond acceptors (Lipinski definition) is 1. The second-order valence-corrected chi connectivity index (χ2v) is 5.28. The number of carbonyl (C=O) groups is 1. The van der Waals surface area contributed by atoms with Crippen molar-refractivity contribution < 1.29 is 4.79 Å². The molecule has 1 aromatic heterocycles. The summed E-state index contributed by atoms with van der Waals surface area (Å²) < 4.78 is 1.98. The first kappa shape index (κ1) is 13.4. The van der Waals surface area contributed by atoms with E-state index in [2.05, 4.69) is 5.32 Å². The van der Waals surface area contributed by atoms with Gasteiger partial charge in [0.05, 0.1) is 11.6 Å². The summed E-state index contributed by atoms with van der Waals surface area (Å²) in [6.07, 6.45) is 1.89. The molecule has 0 bridgehead atoms. The molecule has 0 fully saturated rings. The standard InChI is InChI=1S/C18H18N2O/c1-13(14-8-4-3-5-9-14)19-18(21)16-12-20(2)17-11-7-6-10-15(16)17/h3-13H,1-2H3,(H,19,21)/t13-/m0/s1. The second-order valence-electron chi connectivity index (χ2n) is 5.28. The van der Waals surface area contributed by atoms with Crippen LogP contribution in [0.4, 0.5) is 0 Å². The van der Waals surface area contributed by atoms with Crippen LogP contribution in [0.3, 0.4) is 0 Å². The summed E-state index contributed by atoms with van der Waals surface area (Å²) in [4.78, 5) is 12.5.